The molecule has 3 heteroatoms. The monoisotopic (exact) mass is 229 g/mol. The Labute approximate surface area is 102 Å². The van der Waals surface area contributed by atoms with Crippen LogP contribution in [0.1, 0.15) is 25.1 Å². The molecule has 2 aromatic rings. The zero-order chi connectivity index (χ0) is 12.1. The summed E-state index contributed by atoms with van der Waals surface area (Å²) in [7, 11) is 0. The van der Waals surface area contributed by atoms with E-state index in [1.165, 1.54) is 5.56 Å². The molecule has 1 aromatic carbocycles. The molecule has 0 amide bonds. The van der Waals surface area contributed by atoms with E-state index >= 15 is 0 Å². The molecule has 0 saturated carbocycles. The van der Waals surface area contributed by atoms with Crippen molar-refractivity contribution in [3.05, 3.63) is 47.8 Å². The third-order valence-corrected chi connectivity index (χ3v) is 2.78. The first-order valence-corrected chi connectivity index (χ1v) is 6.18. The summed E-state index contributed by atoms with van der Waals surface area (Å²) in [6.07, 6.45) is 3.07. The minimum absolute atomic E-state index is 0.830. The van der Waals surface area contributed by atoms with Crippen molar-refractivity contribution in [3.8, 4) is 5.69 Å². The number of nitrogens with one attached hydrogen (secondary N) is 1. The maximum absolute atomic E-state index is 4.55. The molecule has 0 aliphatic carbocycles. The Bertz CT molecular complexity index is 474. The molecule has 0 fully saturated rings. The molecule has 1 N–H and O–H groups in total. The molecule has 0 atom stereocenters. The van der Waals surface area contributed by atoms with Gasteiger partial charge in [-0.05, 0) is 36.7 Å². The van der Waals surface area contributed by atoms with Gasteiger partial charge in [0.2, 0.25) is 0 Å². The van der Waals surface area contributed by atoms with Crippen LogP contribution in [0, 0.1) is 0 Å². The molecular formula is C14H19N3. The van der Waals surface area contributed by atoms with Gasteiger partial charge in [-0.3, -0.25) is 0 Å². The number of rotatable bonds is 5. The van der Waals surface area contributed by atoms with Crippen molar-refractivity contribution in [2.75, 3.05) is 6.54 Å². The van der Waals surface area contributed by atoms with E-state index in [1.54, 1.807) is 0 Å². The van der Waals surface area contributed by atoms with E-state index in [0.717, 1.165) is 30.9 Å². The quantitative estimate of drug-likeness (QED) is 0.854. The fourth-order valence-electron chi connectivity index (χ4n) is 1.77. The van der Waals surface area contributed by atoms with Crippen molar-refractivity contribution in [3.63, 3.8) is 0 Å². The van der Waals surface area contributed by atoms with Crippen molar-refractivity contribution < 1.29 is 0 Å². The first-order valence-electron chi connectivity index (χ1n) is 6.18. The fourth-order valence-corrected chi connectivity index (χ4v) is 1.77. The van der Waals surface area contributed by atoms with Gasteiger partial charge in [0.25, 0.3) is 0 Å². The molecular weight excluding hydrogens is 210 g/mol. The highest BCUT2D eigenvalue weighted by atomic mass is 15.3. The van der Waals surface area contributed by atoms with E-state index < -0.39 is 0 Å². The molecule has 2 rings (SSSR count). The van der Waals surface area contributed by atoms with Crippen molar-refractivity contribution in [1.82, 2.24) is 15.1 Å². The number of nitrogens with zero attached hydrogens (tertiary/aromatic N) is 2. The molecule has 0 bridgehead atoms. The largest absolute Gasteiger partial charge is 0.311 e. The molecule has 0 radical (unpaired) electrons. The summed E-state index contributed by atoms with van der Waals surface area (Å²) in [5, 5.41) is 7.82. The van der Waals surface area contributed by atoms with E-state index in [1.807, 2.05) is 10.9 Å². The Morgan fingerprint density at radius 3 is 2.88 bits per heavy atom. The van der Waals surface area contributed by atoms with Crippen molar-refractivity contribution >= 4 is 0 Å². The number of hydrogen-bond acceptors (Lipinski definition) is 2. The Hall–Kier alpha value is -1.61. The predicted octanol–water partition coefficient (Wildman–Crippen LogP) is 2.54. The maximum Gasteiger partial charge on any atom is 0.0766 e. The number of aryl methyl sites for hydroxylation is 1. The van der Waals surface area contributed by atoms with Gasteiger partial charge in [-0.1, -0.05) is 26.0 Å². The first kappa shape index (κ1) is 11.9. The van der Waals surface area contributed by atoms with Gasteiger partial charge in [0.1, 0.15) is 0 Å². The Balaban J connectivity index is 2.18. The van der Waals surface area contributed by atoms with Crippen molar-refractivity contribution in [1.29, 1.82) is 0 Å². The van der Waals surface area contributed by atoms with Gasteiger partial charge in [-0.2, -0.15) is 5.10 Å². The highest BCUT2D eigenvalue weighted by Crippen LogP contribution is 2.11. The van der Waals surface area contributed by atoms with Crippen LogP contribution in [-0.4, -0.2) is 16.3 Å². The summed E-state index contributed by atoms with van der Waals surface area (Å²) in [5.74, 6) is 0. The topological polar surface area (TPSA) is 29.9 Å². The van der Waals surface area contributed by atoms with Crippen LogP contribution in [0.3, 0.4) is 0 Å². The van der Waals surface area contributed by atoms with Crippen LogP contribution < -0.4 is 5.32 Å². The van der Waals surface area contributed by atoms with Crippen LogP contribution in [0.25, 0.3) is 5.69 Å². The van der Waals surface area contributed by atoms with Gasteiger partial charge in [0, 0.05) is 12.7 Å². The van der Waals surface area contributed by atoms with E-state index in [9.17, 15) is 0 Å². The lowest BCUT2D eigenvalue weighted by molar-refractivity contribution is 0.696. The number of benzene rings is 1. The standard InChI is InChI=1S/C14H19N3/c1-3-12-6-5-7-14(10-12)17-9-8-13(16-17)11-15-4-2/h5-10,15H,3-4,11H2,1-2H3. The molecule has 17 heavy (non-hydrogen) atoms. The second kappa shape index (κ2) is 5.64. The SMILES string of the molecule is CCNCc1ccn(-c2cccc(CC)c2)n1. The highest BCUT2D eigenvalue weighted by Gasteiger charge is 2.01. The third kappa shape index (κ3) is 2.94. The smallest absolute Gasteiger partial charge is 0.0766 e. The summed E-state index contributed by atoms with van der Waals surface area (Å²) >= 11 is 0. The lowest BCUT2D eigenvalue weighted by Gasteiger charge is -2.03. The average Bonchev–Trinajstić information content (AvgIpc) is 2.85. The van der Waals surface area contributed by atoms with Gasteiger partial charge in [-0.25, -0.2) is 4.68 Å². The Morgan fingerprint density at radius 1 is 1.24 bits per heavy atom. The average molecular weight is 229 g/mol. The molecule has 0 unspecified atom stereocenters. The molecule has 1 aromatic heterocycles. The summed E-state index contributed by atoms with van der Waals surface area (Å²) < 4.78 is 1.94. The van der Waals surface area contributed by atoms with Crippen LogP contribution in [0.2, 0.25) is 0 Å². The molecule has 0 aliphatic rings. The zero-order valence-electron chi connectivity index (χ0n) is 10.5. The normalized spacial score (nSPS) is 10.7. The zero-order valence-corrected chi connectivity index (χ0v) is 10.5. The van der Waals surface area contributed by atoms with Gasteiger partial charge < -0.3 is 5.32 Å². The Morgan fingerprint density at radius 2 is 2.12 bits per heavy atom. The van der Waals surface area contributed by atoms with Crippen LogP contribution in [0.15, 0.2) is 36.5 Å². The van der Waals surface area contributed by atoms with Crippen molar-refractivity contribution in [2.45, 2.75) is 26.8 Å². The van der Waals surface area contributed by atoms with E-state index in [4.69, 9.17) is 0 Å². The lowest BCUT2D eigenvalue weighted by Crippen LogP contribution is -2.12. The second-order valence-corrected chi connectivity index (χ2v) is 4.06. The van der Waals surface area contributed by atoms with Gasteiger partial charge in [-0.15, -0.1) is 0 Å². The number of aromatic nitrogens is 2. The minimum Gasteiger partial charge on any atom is -0.311 e. The minimum atomic E-state index is 0.830. The summed E-state index contributed by atoms with van der Waals surface area (Å²) in [6, 6.07) is 10.6. The highest BCUT2D eigenvalue weighted by molar-refractivity contribution is 5.35. The summed E-state index contributed by atoms with van der Waals surface area (Å²) in [6.45, 7) is 6.07. The van der Waals surface area contributed by atoms with E-state index in [-0.39, 0.29) is 0 Å². The third-order valence-electron chi connectivity index (χ3n) is 2.78. The van der Waals surface area contributed by atoms with Crippen LogP contribution in [0.5, 0.6) is 0 Å². The molecule has 90 valence electrons. The van der Waals surface area contributed by atoms with Gasteiger partial charge >= 0.3 is 0 Å². The molecule has 1 heterocycles. The first-order chi connectivity index (χ1) is 8.33. The summed E-state index contributed by atoms with van der Waals surface area (Å²) in [5.41, 5.74) is 3.55. The van der Waals surface area contributed by atoms with Gasteiger partial charge in [0.05, 0.1) is 11.4 Å². The lowest BCUT2D eigenvalue weighted by atomic mass is 10.1. The maximum atomic E-state index is 4.55. The predicted molar refractivity (Wildman–Crippen MR) is 70.3 cm³/mol. The second-order valence-electron chi connectivity index (χ2n) is 4.06. The number of hydrogen-bond donors (Lipinski definition) is 1. The van der Waals surface area contributed by atoms with E-state index in [2.05, 4.69) is 54.6 Å². The van der Waals surface area contributed by atoms with Crippen LogP contribution >= 0.6 is 0 Å². The Kier molecular flexibility index (Phi) is 3.94. The fraction of sp³-hybridized carbons (Fsp3) is 0.357. The van der Waals surface area contributed by atoms with Crippen molar-refractivity contribution in [2.24, 2.45) is 0 Å². The molecule has 0 aliphatic heterocycles. The van der Waals surface area contributed by atoms with Crippen LogP contribution in [-0.2, 0) is 13.0 Å². The molecule has 0 saturated heterocycles. The van der Waals surface area contributed by atoms with Crippen LogP contribution in [0.4, 0.5) is 0 Å². The molecule has 3 nitrogen and oxygen atoms in total. The van der Waals surface area contributed by atoms with E-state index in [0.29, 0.717) is 0 Å². The summed E-state index contributed by atoms with van der Waals surface area (Å²) in [4.78, 5) is 0. The molecule has 0 spiro atoms. The van der Waals surface area contributed by atoms with Gasteiger partial charge in [0.15, 0.2) is 0 Å².